The molecule has 17 heavy (non-hydrogen) atoms. The van der Waals surface area contributed by atoms with Crippen LogP contribution < -0.4 is 5.32 Å². The Morgan fingerprint density at radius 3 is 2.18 bits per heavy atom. The van der Waals surface area contributed by atoms with E-state index in [-0.39, 0.29) is 0 Å². The van der Waals surface area contributed by atoms with Crippen molar-refractivity contribution in [2.45, 2.75) is 12.2 Å². The number of esters is 1. The Kier molecular flexibility index (Phi) is 4.65. The lowest BCUT2D eigenvalue weighted by atomic mass is 10.6. The van der Waals surface area contributed by atoms with Crippen LogP contribution in [-0.2, 0) is 29.2 Å². The lowest BCUT2D eigenvalue weighted by Gasteiger charge is -2.11. The first-order chi connectivity index (χ1) is 7.48. The fourth-order valence-electron chi connectivity index (χ4n) is 0.553. The highest BCUT2D eigenvalue weighted by Gasteiger charge is 2.54. The van der Waals surface area contributed by atoms with Crippen LogP contribution in [0.4, 0.5) is 8.78 Å². The van der Waals surface area contributed by atoms with Crippen LogP contribution in [-0.4, -0.2) is 42.6 Å². The average molecular weight is 275 g/mol. The Hall–Kier alpha value is -1.62. The summed E-state index contributed by atoms with van der Waals surface area (Å²) in [5.74, 6) is -4.68. The zero-order valence-electron chi connectivity index (χ0n) is 8.27. The molecule has 0 aliphatic carbocycles. The summed E-state index contributed by atoms with van der Waals surface area (Å²) in [7, 11) is -5.98. The lowest BCUT2D eigenvalue weighted by molar-refractivity contribution is -0.164. The van der Waals surface area contributed by atoms with Gasteiger partial charge >= 0.3 is 21.3 Å². The molecule has 0 rings (SSSR count). The number of rotatable bonds is 4. The third-order valence-corrected chi connectivity index (χ3v) is 2.03. The fraction of sp³-hybridized carbons (Fsp3) is 0.500. The molecule has 0 bridgehead atoms. The van der Waals surface area contributed by atoms with Crippen molar-refractivity contribution < 1.29 is 40.9 Å². The zero-order chi connectivity index (χ0) is 13.9. The van der Waals surface area contributed by atoms with E-state index in [4.69, 9.17) is 4.55 Å². The normalized spacial score (nSPS) is 11.8. The van der Waals surface area contributed by atoms with Gasteiger partial charge in [-0.25, -0.2) is 4.79 Å². The molecule has 0 aromatic rings. The molecule has 0 fully saturated rings. The van der Waals surface area contributed by atoms with E-state index >= 15 is 0 Å². The molecule has 0 heterocycles. The van der Waals surface area contributed by atoms with Gasteiger partial charge in [-0.1, -0.05) is 0 Å². The monoisotopic (exact) mass is 275 g/mol. The Labute approximate surface area is 93.7 Å². The van der Waals surface area contributed by atoms with Gasteiger partial charge < -0.3 is 4.74 Å². The maximum atomic E-state index is 12.5. The summed E-state index contributed by atoms with van der Waals surface area (Å²) in [6.07, 6.45) is 0. The highest BCUT2D eigenvalue weighted by molar-refractivity contribution is 7.87. The van der Waals surface area contributed by atoms with Crippen LogP contribution in [0.5, 0.6) is 0 Å². The predicted octanol–water partition coefficient (Wildman–Crippen LogP) is -1.33. The van der Waals surface area contributed by atoms with Crippen LogP contribution in [0.25, 0.3) is 0 Å². The van der Waals surface area contributed by atoms with Crippen molar-refractivity contribution in [3.05, 3.63) is 0 Å². The molecule has 2 N–H and O–H groups in total. The molecule has 0 aliphatic heterocycles. The third-order valence-electron chi connectivity index (χ3n) is 1.21. The van der Waals surface area contributed by atoms with E-state index in [0.29, 0.717) is 0 Å². The van der Waals surface area contributed by atoms with Crippen LogP contribution in [0.1, 0.15) is 6.92 Å². The number of alkyl halides is 2. The third kappa shape index (κ3) is 4.40. The number of halogens is 2. The lowest BCUT2D eigenvalue weighted by Crippen LogP contribution is -2.41. The maximum absolute atomic E-state index is 12.5. The van der Waals surface area contributed by atoms with Crippen molar-refractivity contribution >= 4 is 27.9 Å². The summed E-state index contributed by atoms with van der Waals surface area (Å²) in [4.78, 5) is 31.5. The standard InChI is InChI=1S/C6H7F2NO7S/c1-3(10)9-4(11)2-16-5(12)6(7,8)17(13,14)15/h2H2,1H3,(H,9,10,11)(H,13,14,15). The first-order valence-electron chi connectivity index (χ1n) is 3.81. The minimum absolute atomic E-state index is 0.826. The molecule has 0 saturated heterocycles. The molecule has 11 heteroatoms. The van der Waals surface area contributed by atoms with Crippen molar-refractivity contribution in [3.63, 3.8) is 0 Å². The number of hydrogen-bond acceptors (Lipinski definition) is 6. The van der Waals surface area contributed by atoms with Crippen LogP contribution in [0.15, 0.2) is 0 Å². The fourth-order valence-corrected chi connectivity index (χ4v) is 0.822. The second-order valence-electron chi connectivity index (χ2n) is 2.67. The number of hydrogen-bond donors (Lipinski definition) is 2. The molecule has 0 aromatic heterocycles. The summed E-state index contributed by atoms with van der Waals surface area (Å²) >= 11 is 0. The minimum atomic E-state index is -5.98. The number of imide groups is 1. The quantitative estimate of drug-likeness (QED) is 0.480. The van der Waals surface area contributed by atoms with E-state index in [2.05, 4.69) is 4.74 Å². The van der Waals surface area contributed by atoms with Gasteiger partial charge in [0.25, 0.3) is 5.91 Å². The van der Waals surface area contributed by atoms with Crippen LogP contribution in [0.2, 0.25) is 0 Å². The molecule has 0 radical (unpaired) electrons. The van der Waals surface area contributed by atoms with E-state index in [1.165, 1.54) is 0 Å². The van der Waals surface area contributed by atoms with Crippen LogP contribution in [0.3, 0.4) is 0 Å². The molecule has 0 aliphatic rings. The van der Waals surface area contributed by atoms with Crippen molar-refractivity contribution in [2.75, 3.05) is 6.61 Å². The summed E-state index contributed by atoms with van der Waals surface area (Å²) in [6.45, 7) is -0.351. The van der Waals surface area contributed by atoms with E-state index in [1.807, 2.05) is 0 Å². The Morgan fingerprint density at radius 1 is 1.35 bits per heavy atom. The smallest absolute Gasteiger partial charge is 0.450 e. The minimum Gasteiger partial charge on any atom is -0.450 e. The first kappa shape index (κ1) is 15.4. The largest absolute Gasteiger partial charge is 0.465 e. The molecular formula is C6H7F2NO7S. The van der Waals surface area contributed by atoms with Crippen molar-refractivity contribution in [2.24, 2.45) is 0 Å². The van der Waals surface area contributed by atoms with Gasteiger partial charge in [-0.15, -0.1) is 0 Å². The zero-order valence-corrected chi connectivity index (χ0v) is 9.08. The molecule has 0 saturated carbocycles. The molecular weight excluding hydrogens is 268 g/mol. The second-order valence-corrected chi connectivity index (χ2v) is 4.14. The van der Waals surface area contributed by atoms with Gasteiger partial charge in [0.1, 0.15) is 0 Å². The van der Waals surface area contributed by atoms with Gasteiger partial charge in [0, 0.05) is 6.92 Å². The number of nitrogens with one attached hydrogen (secondary N) is 1. The number of ether oxygens (including phenoxy) is 1. The highest BCUT2D eigenvalue weighted by Crippen LogP contribution is 2.21. The molecule has 0 unspecified atom stereocenters. The van der Waals surface area contributed by atoms with Gasteiger partial charge in [0.15, 0.2) is 6.61 Å². The van der Waals surface area contributed by atoms with Crippen LogP contribution >= 0.6 is 0 Å². The summed E-state index contributed by atoms with van der Waals surface area (Å²) in [5, 5.41) is -3.60. The molecule has 0 spiro atoms. The number of carbonyl (C=O) groups is 3. The van der Waals surface area contributed by atoms with Gasteiger partial charge in [-0.3, -0.25) is 19.5 Å². The van der Waals surface area contributed by atoms with Gasteiger partial charge in [-0.2, -0.15) is 17.2 Å². The summed E-state index contributed by atoms with van der Waals surface area (Å²) in [6, 6.07) is 0. The van der Waals surface area contributed by atoms with Crippen LogP contribution in [0, 0.1) is 0 Å². The van der Waals surface area contributed by atoms with Crippen molar-refractivity contribution in [3.8, 4) is 0 Å². The second kappa shape index (κ2) is 5.14. The predicted molar refractivity (Wildman–Crippen MR) is 46.3 cm³/mol. The van der Waals surface area contributed by atoms with E-state index in [9.17, 15) is 31.6 Å². The van der Waals surface area contributed by atoms with Gasteiger partial charge in [0.2, 0.25) is 5.91 Å². The van der Waals surface area contributed by atoms with E-state index < -0.39 is 39.8 Å². The molecule has 2 amide bonds. The topological polar surface area (TPSA) is 127 Å². The Balaban J connectivity index is 4.49. The SMILES string of the molecule is CC(=O)NC(=O)COC(=O)C(F)(F)S(=O)(=O)O. The molecule has 0 aromatic carbocycles. The van der Waals surface area contributed by atoms with Gasteiger partial charge in [-0.05, 0) is 0 Å². The van der Waals surface area contributed by atoms with Crippen molar-refractivity contribution in [1.82, 2.24) is 5.32 Å². The van der Waals surface area contributed by atoms with Gasteiger partial charge in [0.05, 0.1) is 0 Å². The highest BCUT2D eigenvalue weighted by atomic mass is 32.2. The maximum Gasteiger partial charge on any atom is 0.465 e. The number of carbonyl (C=O) groups excluding carboxylic acids is 3. The summed E-state index contributed by atoms with van der Waals surface area (Å²) in [5.41, 5.74) is 0. The van der Waals surface area contributed by atoms with E-state index in [0.717, 1.165) is 6.92 Å². The average Bonchev–Trinajstić information content (AvgIpc) is 2.10. The Morgan fingerprint density at radius 2 is 1.82 bits per heavy atom. The molecule has 0 atom stereocenters. The van der Waals surface area contributed by atoms with E-state index in [1.54, 1.807) is 5.32 Å². The summed E-state index contributed by atoms with van der Waals surface area (Å²) < 4.78 is 56.8. The molecule has 98 valence electrons. The first-order valence-corrected chi connectivity index (χ1v) is 5.25. The number of amides is 2. The molecule has 8 nitrogen and oxygen atoms in total. The Bertz CT molecular complexity index is 443. The van der Waals surface area contributed by atoms with Crippen molar-refractivity contribution in [1.29, 1.82) is 0 Å².